The van der Waals surface area contributed by atoms with E-state index in [1.54, 1.807) is 0 Å². The molecule has 2 heteroatoms. The average Bonchev–Trinajstić information content (AvgIpc) is 2.86. The van der Waals surface area contributed by atoms with Crippen LogP contribution in [0.25, 0.3) is 0 Å². The Kier molecular flexibility index (Phi) is 4.57. The van der Waals surface area contributed by atoms with Crippen LogP contribution in [-0.4, -0.2) is 26.3 Å². The van der Waals surface area contributed by atoms with Crippen LogP contribution < -0.4 is 5.32 Å². The maximum Gasteiger partial charge on any atom is 0.0510 e. The van der Waals surface area contributed by atoms with Crippen LogP contribution in [0.4, 0.5) is 0 Å². The van der Waals surface area contributed by atoms with Crippen molar-refractivity contribution in [3.05, 3.63) is 35.4 Å². The zero-order valence-corrected chi connectivity index (χ0v) is 10.9. The van der Waals surface area contributed by atoms with Crippen LogP contribution in [0.3, 0.4) is 0 Å². The van der Waals surface area contributed by atoms with Gasteiger partial charge in [0.2, 0.25) is 0 Å². The van der Waals surface area contributed by atoms with Crippen LogP contribution in [0.15, 0.2) is 24.3 Å². The van der Waals surface area contributed by atoms with E-state index in [0.717, 1.165) is 19.6 Å². The summed E-state index contributed by atoms with van der Waals surface area (Å²) in [5.74, 6) is 0.698. The molecule has 0 radical (unpaired) electrons. The lowest BCUT2D eigenvalue weighted by molar-refractivity contribution is 0.176. The SMILES string of the molecule is CNC(CCc1ccccc1C)C1CCOC1. The Morgan fingerprint density at radius 2 is 2.24 bits per heavy atom. The van der Waals surface area contributed by atoms with E-state index in [4.69, 9.17) is 4.74 Å². The van der Waals surface area contributed by atoms with Crippen molar-refractivity contribution in [1.29, 1.82) is 0 Å². The van der Waals surface area contributed by atoms with Gasteiger partial charge in [0, 0.05) is 12.6 Å². The van der Waals surface area contributed by atoms with E-state index in [2.05, 4.69) is 43.6 Å². The Morgan fingerprint density at radius 3 is 2.88 bits per heavy atom. The fourth-order valence-corrected chi connectivity index (χ4v) is 2.69. The van der Waals surface area contributed by atoms with Gasteiger partial charge in [0.1, 0.15) is 0 Å². The molecule has 1 N–H and O–H groups in total. The van der Waals surface area contributed by atoms with Gasteiger partial charge >= 0.3 is 0 Å². The highest BCUT2D eigenvalue weighted by atomic mass is 16.5. The van der Waals surface area contributed by atoms with Crippen LogP contribution in [0.2, 0.25) is 0 Å². The van der Waals surface area contributed by atoms with Gasteiger partial charge < -0.3 is 10.1 Å². The van der Waals surface area contributed by atoms with Gasteiger partial charge in [-0.25, -0.2) is 0 Å². The summed E-state index contributed by atoms with van der Waals surface area (Å²) in [5, 5.41) is 3.45. The van der Waals surface area contributed by atoms with Crippen molar-refractivity contribution in [2.24, 2.45) is 5.92 Å². The van der Waals surface area contributed by atoms with Gasteiger partial charge in [0.15, 0.2) is 0 Å². The summed E-state index contributed by atoms with van der Waals surface area (Å²) in [4.78, 5) is 0. The van der Waals surface area contributed by atoms with Crippen LogP contribution in [0, 0.1) is 12.8 Å². The molecular weight excluding hydrogens is 210 g/mol. The minimum Gasteiger partial charge on any atom is -0.381 e. The second kappa shape index (κ2) is 6.18. The summed E-state index contributed by atoms with van der Waals surface area (Å²) in [6, 6.07) is 9.28. The van der Waals surface area contributed by atoms with Gasteiger partial charge in [0.25, 0.3) is 0 Å². The van der Waals surface area contributed by atoms with E-state index in [1.165, 1.54) is 24.0 Å². The van der Waals surface area contributed by atoms with Crippen molar-refractivity contribution in [3.8, 4) is 0 Å². The molecule has 0 aromatic heterocycles. The van der Waals surface area contributed by atoms with Crippen LogP contribution >= 0.6 is 0 Å². The third kappa shape index (κ3) is 3.30. The molecule has 0 spiro atoms. The van der Waals surface area contributed by atoms with Crippen molar-refractivity contribution in [3.63, 3.8) is 0 Å². The molecule has 94 valence electrons. The number of rotatable bonds is 5. The van der Waals surface area contributed by atoms with Crippen molar-refractivity contribution in [2.45, 2.75) is 32.2 Å². The second-order valence-corrected chi connectivity index (χ2v) is 4.98. The molecule has 1 aliphatic heterocycles. The number of benzene rings is 1. The molecule has 2 nitrogen and oxygen atoms in total. The number of hydrogen-bond acceptors (Lipinski definition) is 2. The molecule has 1 fully saturated rings. The predicted octanol–water partition coefficient (Wildman–Crippen LogP) is 2.55. The Balaban J connectivity index is 1.89. The first-order valence-corrected chi connectivity index (χ1v) is 6.61. The molecule has 1 saturated heterocycles. The molecule has 1 heterocycles. The first-order chi connectivity index (χ1) is 8.31. The molecule has 1 aromatic rings. The largest absolute Gasteiger partial charge is 0.381 e. The van der Waals surface area contributed by atoms with Gasteiger partial charge in [-0.15, -0.1) is 0 Å². The Labute approximate surface area is 104 Å². The Bertz CT molecular complexity index is 345. The molecule has 2 unspecified atom stereocenters. The normalized spacial score (nSPS) is 21.6. The van der Waals surface area contributed by atoms with E-state index in [0.29, 0.717) is 12.0 Å². The first-order valence-electron chi connectivity index (χ1n) is 6.61. The van der Waals surface area contributed by atoms with Crippen LogP contribution in [0.5, 0.6) is 0 Å². The van der Waals surface area contributed by atoms with Crippen molar-refractivity contribution >= 4 is 0 Å². The smallest absolute Gasteiger partial charge is 0.0510 e. The number of nitrogens with one attached hydrogen (secondary N) is 1. The molecule has 1 aliphatic rings. The monoisotopic (exact) mass is 233 g/mol. The average molecular weight is 233 g/mol. The van der Waals surface area contributed by atoms with Crippen LogP contribution in [-0.2, 0) is 11.2 Å². The lowest BCUT2D eigenvalue weighted by Crippen LogP contribution is -2.34. The fourth-order valence-electron chi connectivity index (χ4n) is 2.69. The van der Waals surface area contributed by atoms with Gasteiger partial charge in [-0.1, -0.05) is 24.3 Å². The highest BCUT2D eigenvalue weighted by Gasteiger charge is 2.24. The van der Waals surface area contributed by atoms with Gasteiger partial charge in [-0.2, -0.15) is 0 Å². The van der Waals surface area contributed by atoms with E-state index in [9.17, 15) is 0 Å². The Morgan fingerprint density at radius 1 is 1.41 bits per heavy atom. The maximum atomic E-state index is 5.48. The predicted molar refractivity (Wildman–Crippen MR) is 71.3 cm³/mol. The third-order valence-corrected chi connectivity index (χ3v) is 3.89. The minimum atomic E-state index is 0.595. The number of ether oxygens (including phenoxy) is 1. The summed E-state index contributed by atoms with van der Waals surface area (Å²) >= 11 is 0. The second-order valence-electron chi connectivity index (χ2n) is 4.98. The van der Waals surface area contributed by atoms with E-state index >= 15 is 0 Å². The lowest BCUT2D eigenvalue weighted by atomic mass is 9.92. The standard InChI is InChI=1S/C15H23NO/c1-12-5-3-4-6-13(12)7-8-15(16-2)14-9-10-17-11-14/h3-6,14-16H,7-11H2,1-2H3. The summed E-state index contributed by atoms with van der Waals surface area (Å²) < 4.78 is 5.48. The lowest BCUT2D eigenvalue weighted by Gasteiger charge is -2.22. The molecule has 0 aliphatic carbocycles. The zero-order chi connectivity index (χ0) is 12.1. The van der Waals surface area contributed by atoms with Gasteiger partial charge in [-0.05, 0) is 50.3 Å². The Hall–Kier alpha value is -0.860. The molecular formula is C15H23NO. The number of aryl methyl sites for hydroxylation is 2. The van der Waals surface area contributed by atoms with Gasteiger partial charge in [-0.3, -0.25) is 0 Å². The summed E-state index contributed by atoms with van der Waals surface area (Å²) in [5.41, 5.74) is 2.89. The van der Waals surface area contributed by atoms with E-state index < -0.39 is 0 Å². The molecule has 2 atom stereocenters. The van der Waals surface area contributed by atoms with E-state index in [-0.39, 0.29) is 0 Å². The molecule has 0 bridgehead atoms. The quantitative estimate of drug-likeness (QED) is 0.844. The molecule has 0 amide bonds. The van der Waals surface area contributed by atoms with E-state index in [1.807, 2.05) is 0 Å². The molecule has 17 heavy (non-hydrogen) atoms. The highest BCUT2D eigenvalue weighted by Crippen LogP contribution is 2.21. The third-order valence-electron chi connectivity index (χ3n) is 3.89. The minimum absolute atomic E-state index is 0.595. The number of hydrogen-bond donors (Lipinski definition) is 1. The first kappa shape index (κ1) is 12.6. The summed E-state index contributed by atoms with van der Waals surface area (Å²) in [6.45, 7) is 4.06. The topological polar surface area (TPSA) is 21.3 Å². The van der Waals surface area contributed by atoms with Crippen molar-refractivity contribution in [2.75, 3.05) is 20.3 Å². The zero-order valence-electron chi connectivity index (χ0n) is 10.9. The fraction of sp³-hybridized carbons (Fsp3) is 0.600. The highest BCUT2D eigenvalue weighted by molar-refractivity contribution is 5.25. The molecule has 0 saturated carbocycles. The maximum absolute atomic E-state index is 5.48. The molecule has 1 aromatic carbocycles. The van der Waals surface area contributed by atoms with Crippen LogP contribution in [0.1, 0.15) is 24.0 Å². The summed E-state index contributed by atoms with van der Waals surface area (Å²) in [7, 11) is 2.07. The van der Waals surface area contributed by atoms with Gasteiger partial charge in [0.05, 0.1) is 6.61 Å². The summed E-state index contributed by atoms with van der Waals surface area (Å²) in [6.07, 6.45) is 3.57. The van der Waals surface area contributed by atoms with Crippen molar-refractivity contribution in [1.82, 2.24) is 5.32 Å². The molecule has 2 rings (SSSR count). The van der Waals surface area contributed by atoms with Crippen molar-refractivity contribution < 1.29 is 4.74 Å².